The second kappa shape index (κ2) is 5.06. The summed E-state index contributed by atoms with van der Waals surface area (Å²) >= 11 is 0. The summed E-state index contributed by atoms with van der Waals surface area (Å²) in [7, 11) is 0. The van der Waals surface area contributed by atoms with Crippen molar-refractivity contribution in [1.82, 2.24) is 0 Å². The average Bonchev–Trinajstić information content (AvgIpc) is 2.33. The second-order valence-corrected chi connectivity index (χ2v) is 4.15. The number of aryl methyl sites for hydroxylation is 1. The highest BCUT2D eigenvalue weighted by atomic mass is 19.1. The van der Waals surface area contributed by atoms with Crippen LogP contribution in [0.2, 0.25) is 0 Å². The van der Waals surface area contributed by atoms with E-state index in [4.69, 9.17) is 5.73 Å². The van der Waals surface area contributed by atoms with E-state index in [2.05, 4.69) is 5.32 Å². The van der Waals surface area contributed by atoms with Crippen molar-refractivity contribution in [1.29, 1.82) is 0 Å². The first kappa shape index (κ1) is 13.0. The Labute approximate surface area is 109 Å². The minimum Gasteiger partial charge on any atom is -0.396 e. The number of nitrogen functional groups attached to an aromatic ring is 1. The van der Waals surface area contributed by atoms with Gasteiger partial charge in [0.1, 0.15) is 11.6 Å². The molecule has 0 saturated carbocycles. The van der Waals surface area contributed by atoms with E-state index >= 15 is 0 Å². The fourth-order valence-corrected chi connectivity index (χ4v) is 1.69. The highest BCUT2D eigenvalue weighted by Gasteiger charge is 2.10. The van der Waals surface area contributed by atoms with Crippen molar-refractivity contribution in [3.05, 3.63) is 59.2 Å². The predicted molar refractivity (Wildman–Crippen MR) is 69.9 cm³/mol. The zero-order chi connectivity index (χ0) is 14.0. The number of hydrogen-bond acceptors (Lipinski definition) is 2. The Kier molecular flexibility index (Phi) is 3.46. The Balaban J connectivity index is 2.23. The summed E-state index contributed by atoms with van der Waals surface area (Å²) in [5, 5.41) is 2.53. The smallest absolute Gasteiger partial charge is 0.255 e. The quantitative estimate of drug-likeness (QED) is 0.817. The molecule has 0 saturated heterocycles. The van der Waals surface area contributed by atoms with Crippen LogP contribution in [0.15, 0.2) is 36.4 Å². The van der Waals surface area contributed by atoms with E-state index in [9.17, 15) is 13.6 Å². The highest BCUT2D eigenvalue weighted by molar-refractivity contribution is 6.05. The molecule has 0 aliphatic rings. The van der Waals surface area contributed by atoms with Gasteiger partial charge in [0.25, 0.3) is 5.91 Å². The Morgan fingerprint density at radius 1 is 1.16 bits per heavy atom. The van der Waals surface area contributed by atoms with Crippen molar-refractivity contribution in [2.24, 2.45) is 0 Å². The van der Waals surface area contributed by atoms with Gasteiger partial charge in [-0.25, -0.2) is 8.78 Å². The molecule has 0 aromatic heterocycles. The number of carbonyl (C=O) groups is 1. The summed E-state index contributed by atoms with van der Waals surface area (Å²) in [6.45, 7) is 1.63. The number of amides is 1. The topological polar surface area (TPSA) is 55.1 Å². The molecule has 3 N–H and O–H groups in total. The zero-order valence-corrected chi connectivity index (χ0v) is 10.2. The molecule has 0 atom stereocenters. The fraction of sp³-hybridized carbons (Fsp3) is 0.0714. The van der Waals surface area contributed by atoms with Crippen LogP contribution < -0.4 is 11.1 Å². The average molecular weight is 262 g/mol. The molecule has 2 aromatic rings. The van der Waals surface area contributed by atoms with Crippen molar-refractivity contribution in [3.63, 3.8) is 0 Å². The molecule has 2 aromatic carbocycles. The van der Waals surface area contributed by atoms with Crippen molar-refractivity contribution in [2.75, 3.05) is 11.1 Å². The number of halogens is 2. The third-order valence-corrected chi connectivity index (χ3v) is 2.69. The van der Waals surface area contributed by atoms with Gasteiger partial charge >= 0.3 is 0 Å². The number of nitrogens with two attached hydrogens (primary N) is 1. The van der Waals surface area contributed by atoms with E-state index in [1.807, 2.05) is 0 Å². The lowest BCUT2D eigenvalue weighted by molar-refractivity contribution is 0.102. The maximum absolute atomic E-state index is 13.2. The summed E-state index contributed by atoms with van der Waals surface area (Å²) in [6, 6.07) is 7.83. The van der Waals surface area contributed by atoms with Crippen LogP contribution in [-0.2, 0) is 0 Å². The summed E-state index contributed by atoms with van der Waals surface area (Å²) < 4.78 is 26.2. The largest absolute Gasteiger partial charge is 0.396 e. The minimum absolute atomic E-state index is 0.0101. The van der Waals surface area contributed by atoms with Crippen LogP contribution in [0, 0.1) is 18.6 Å². The van der Waals surface area contributed by atoms with Gasteiger partial charge in [0.05, 0.1) is 5.69 Å². The van der Waals surface area contributed by atoms with E-state index < -0.39 is 17.5 Å². The summed E-state index contributed by atoms with van der Waals surface area (Å²) in [5.41, 5.74) is 6.48. The minimum atomic E-state index is -0.603. The van der Waals surface area contributed by atoms with Gasteiger partial charge < -0.3 is 11.1 Å². The molecule has 0 aliphatic heterocycles. The molecule has 0 aliphatic carbocycles. The lowest BCUT2D eigenvalue weighted by Gasteiger charge is -2.08. The predicted octanol–water partition coefficient (Wildman–Crippen LogP) is 3.11. The molecule has 2 rings (SSSR count). The lowest BCUT2D eigenvalue weighted by atomic mass is 10.1. The molecule has 0 heterocycles. The Morgan fingerprint density at radius 2 is 1.89 bits per heavy atom. The fourth-order valence-electron chi connectivity index (χ4n) is 1.69. The van der Waals surface area contributed by atoms with Gasteiger partial charge in [-0.3, -0.25) is 4.79 Å². The normalized spacial score (nSPS) is 10.3. The third kappa shape index (κ3) is 2.88. The number of carbonyl (C=O) groups excluding carboxylic acids is 1. The number of nitrogens with one attached hydrogen (secondary N) is 1. The molecule has 0 spiro atoms. The van der Waals surface area contributed by atoms with Gasteiger partial charge in [0.15, 0.2) is 0 Å². The van der Waals surface area contributed by atoms with Gasteiger partial charge in [-0.2, -0.15) is 0 Å². The third-order valence-electron chi connectivity index (χ3n) is 2.69. The SMILES string of the molecule is Cc1cc(F)ccc1C(=O)Nc1ccc(N)c(F)c1. The van der Waals surface area contributed by atoms with Crippen LogP contribution in [0.25, 0.3) is 0 Å². The highest BCUT2D eigenvalue weighted by Crippen LogP contribution is 2.18. The number of hydrogen-bond donors (Lipinski definition) is 2. The lowest BCUT2D eigenvalue weighted by Crippen LogP contribution is -2.13. The van der Waals surface area contributed by atoms with E-state index in [0.29, 0.717) is 16.8 Å². The Bertz CT molecular complexity index is 641. The molecule has 0 radical (unpaired) electrons. The first-order valence-corrected chi connectivity index (χ1v) is 5.60. The van der Waals surface area contributed by atoms with E-state index in [-0.39, 0.29) is 5.69 Å². The van der Waals surface area contributed by atoms with Gasteiger partial charge in [0.2, 0.25) is 0 Å². The summed E-state index contributed by atoms with van der Waals surface area (Å²) in [4.78, 5) is 12.0. The number of rotatable bonds is 2. The van der Waals surface area contributed by atoms with Crippen LogP contribution in [-0.4, -0.2) is 5.91 Å². The van der Waals surface area contributed by atoms with Crippen molar-refractivity contribution in [3.8, 4) is 0 Å². The van der Waals surface area contributed by atoms with Gasteiger partial charge in [-0.05, 0) is 48.9 Å². The molecule has 1 amide bonds. The Hall–Kier alpha value is -2.43. The van der Waals surface area contributed by atoms with Gasteiger partial charge in [0, 0.05) is 11.3 Å². The molecule has 0 bridgehead atoms. The van der Waals surface area contributed by atoms with E-state index in [0.717, 1.165) is 6.07 Å². The number of benzene rings is 2. The molecular weight excluding hydrogens is 250 g/mol. The van der Waals surface area contributed by atoms with Crippen LogP contribution in [0.4, 0.5) is 20.2 Å². The monoisotopic (exact) mass is 262 g/mol. The van der Waals surface area contributed by atoms with E-state index in [1.165, 1.54) is 30.3 Å². The second-order valence-electron chi connectivity index (χ2n) is 4.15. The zero-order valence-electron chi connectivity index (χ0n) is 10.2. The van der Waals surface area contributed by atoms with Crippen LogP contribution in [0.5, 0.6) is 0 Å². The molecule has 5 heteroatoms. The molecule has 19 heavy (non-hydrogen) atoms. The molecule has 98 valence electrons. The molecule has 0 fully saturated rings. The maximum atomic E-state index is 13.2. The van der Waals surface area contributed by atoms with Crippen LogP contribution in [0.3, 0.4) is 0 Å². The standard InChI is InChI=1S/C14H12F2N2O/c1-8-6-9(15)2-4-11(8)14(19)18-10-3-5-13(17)12(16)7-10/h2-7H,17H2,1H3,(H,18,19). The van der Waals surface area contributed by atoms with Gasteiger partial charge in [-0.1, -0.05) is 0 Å². The maximum Gasteiger partial charge on any atom is 0.255 e. The molecule has 0 unspecified atom stereocenters. The Morgan fingerprint density at radius 3 is 2.53 bits per heavy atom. The van der Waals surface area contributed by atoms with Gasteiger partial charge in [-0.15, -0.1) is 0 Å². The molecule has 3 nitrogen and oxygen atoms in total. The summed E-state index contributed by atoms with van der Waals surface area (Å²) in [5.74, 6) is -1.44. The first-order valence-electron chi connectivity index (χ1n) is 5.60. The first-order chi connectivity index (χ1) is 8.97. The summed E-state index contributed by atoms with van der Waals surface area (Å²) in [6.07, 6.45) is 0. The number of anilines is 2. The van der Waals surface area contributed by atoms with Crippen molar-refractivity contribution in [2.45, 2.75) is 6.92 Å². The van der Waals surface area contributed by atoms with Crippen molar-refractivity contribution >= 4 is 17.3 Å². The van der Waals surface area contributed by atoms with E-state index in [1.54, 1.807) is 6.92 Å². The van der Waals surface area contributed by atoms with Crippen LogP contribution >= 0.6 is 0 Å². The molecular formula is C14H12F2N2O. The van der Waals surface area contributed by atoms with Crippen molar-refractivity contribution < 1.29 is 13.6 Å². The van der Waals surface area contributed by atoms with Crippen LogP contribution in [0.1, 0.15) is 15.9 Å².